The van der Waals surface area contributed by atoms with Gasteiger partial charge < -0.3 is 4.90 Å². The van der Waals surface area contributed by atoms with E-state index in [1.807, 2.05) is 0 Å². The van der Waals surface area contributed by atoms with Gasteiger partial charge >= 0.3 is 0 Å². The first-order chi connectivity index (χ1) is 22.7. The van der Waals surface area contributed by atoms with E-state index in [0.29, 0.717) is 0 Å². The fourth-order valence-electron chi connectivity index (χ4n) is 9.76. The summed E-state index contributed by atoms with van der Waals surface area (Å²) in [4.78, 5) is 2.19. The fraction of sp³-hybridized carbons (Fsp3) is 0.395. The van der Waals surface area contributed by atoms with Crippen molar-refractivity contribution in [2.75, 3.05) is 19.0 Å². The minimum Gasteiger partial charge on any atom is -0.378 e. The summed E-state index contributed by atoms with van der Waals surface area (Å²) >= 11 is 0. The maximum absolute atomic E-state index is 16.6. The molecule has 1 aliphatic heterocycles. The molecule has 2 unspecified atom stereocenters. The van der Waals surface area contributed by atoms with Gasteiger partial charge in [0.15, 0.2) is 12.4 Å². The van der Waals surface area contributed by atoms with E-state index in [1.54, 1.807) is 6.07 Å². The number of aryl methyl sites for hydroxylation is 2. The Morgan fingerprint density at radius 1 is 0.851 bits per heavy atom. The molecule has 2 aliphatic carbocycles. The average molecular weight is 626 g/mol. The van der Waals surface area contributed by atoms with Gasteiger partial charge in [-0.2, -0.15) is 9.13 Å². The molecule has 2 aromatic heterocycles. The zero-order valence-corrected chi connectivity index (χ0v) is 29.2. The van der Waals surface area contributed by atoms with Gasteiger partial charge in [0.1, 0.15) is 12.4 Å². The Labute approximate surface area is 279 Å². The molecule has 3 heterocycles. The van der Waals surface area contributed by atoms with Crippen molar-refractivity contribution in [1.82, 2.24) is 0 Å². The van der Waals surface area contributed by atoms with Crippen molar-refractivity contribution >= 4 is 16.5 Å². The van der Waals surface area contributed by atoms with E-state index in [2.05, 4.69) is 136 Å². The Morgan fingerprint density at radius 3 is 2.38 bits per heavy atom. The molecule has 4 heteroatoms. The molecule has 8 rings (SSSR count). The number of hydrogen-bond donors (Lipinski definition) is 0. The number of anilines is 1. The third-order valence-corrected chi connectivity index (χ3v) is 12.1. The van der Waals surface area contributed by atoms with Gasteiger partial charge in [-0.25, -0.2) is 4.39 Å². The first-order valence-corrected chi connectivity index (χ1v) is 17.8. The smallest absolute Gasteiger partial charge is 0.221 e. The maximum atomic E-state index is 16.6. The fourth-order valence-corrected chi connectivity index (χ4v) is 9.76. The third kappa shape index (κ3) is 3.85. The second-order valence-electron chi connectivity index (χ2n) is 15.0. The Morgan fingerprint density at radius 2 is 1.64 bits per heavy atom. The maximum Gasteiger partial charge on any atom is 0.221 e. The number of fused-ring (bicyclic) bond motifs is 7. The molecule has 0 bridgehead atoms. The van der Waals surface area contributed by atoms with Crippen molar-refractivity contribution in [2.24, 2.45) is 0 Å². The van der Waals surface area contributed by atoms with Gasteiger partial charge in [-0.1, -0.05) is 59.2 Å². The lowest BCUT2D eigenvalue weighted by molar-refractivity contribution is -0.717. The Hall–Kier alpha value is -4.05. The quantitative estimate of drug-likeness (QED) is 0.157. The van der Waals surface area contributed by atoms with Crippen LogP contribution in [0.15, 0.2) is 79.1 Å². The van der Waals surface area contributed by atoms with Crippen LogP contribution in [0.1, 0.15) is 94.5 Å². The van der Waals surface area contributed by atoms with Crippen LogP contribution in [0.25, 0.3) is 33.3 Å². The molecule has 5 aromatic rings. The first-order valence-electron chi connectivity index (χ1n) is 17.8. The van der Waals surface area contributed by atoms with Crippen LogP contribution in [0.2, 0.25) is 0 Å². The van der Waals surface area contributed by atoms with Crippen LogP contribution in [0, 0.1) is 5.82 Å². The van der Waals surface area contributed by atoms with Gasteiger partial charge in [0, 0.05) is 67.4 Å². The van der Waals surface area contributed by atoms with E-state index in [4.69, 9.17) is 0 Å². The number of pyridine rings is 2. The van der Waals surface area contributed by atoms with E-state index < -0.39 is 5.41 Å². The topological polar surface area (TPSA) is 11.0 Å². The number of benzene rings is 3. The van der Waals surface area contributed by atoms with Crippen molar-refractivity contribution < 1.29 is 13.5 Å². The highest BCUT2D eigenvalue weighted by Crippen LogP contribution is 2.70. The van der Waals surface area contributed by atoms with Gasteiger partial charge in [-0.15, -0.1) is 0 Å². The highest BCUT2D eigenvalue weighted by molar-refractivity contribution is 6.02. The molecular weight excluding hydrogens is 577 g/mol. The predicted molar refractivity (Wildman–Crippen MR) is 191 cm³/mol. The van der Waals surface area contributed by atoms with E-state index in [1.165, 1.54) is 68.5 Å². The van der Waals surface area contributed by atoms with E-state index in [-0.39, 0.29) is 16.8 Å². The largest absolute Gasteiger partial charge is 0.378 e. The second-order valence-corrected chi connectivity index (χ2v) is 15.0. The van der Waals surface area contributed by atoms with Gasteiger partial charge in [-0.05, 0) is 71.7 Å². The molecular formula is C43H48FN3+2. The standard InChI is InChI=1S/C43H48FN3/c1-8-11-14-28-16-18-33-37-30(28)22-25-46(23-9-2)40(37)38-34(20-21-35(44)39(38)41(33,4)5)42(10-3)27-43(42)32-19-17-29(45(6)7)26-31(32)36-15-12-13-24-47(36)43/h12-13,15-22,24-26H,8-11,14,23,27H2,1-7H3/q+2. The summed E-state index contributed by atoms with van der Waals surface area (Å²) in [6.07, 6.45) is 11.0. The van der Waals surface area contributed by atoms with Gasteiger partial charge in [0.2, 0.25) is 16.9 Å². The van der Waals surface area contributed by atoms with Crippen LogP contribution in [0.5, 0.6) is 0 Å². The van der Waals surface area contributed by atoms with Crippen LogP contribution in [-0.2, 0) is 29.3 Å². The minimum atomic E-state index is -0.481. The van der Waals surface area contributed by atoms with E-state index in [0.717, 1.165) is 43.4 Å². The van der Waals surface area contributed by atoms with Crippen LogP contribution in [-0.4, -0.2) is 14.1 Å². The molecule has 0 N–H and O–H groups in total. The Kier molecular flexibility index (Phi) is 6.75. The van der Waals surface area contributed by atoms with Crippen molar-refractivity contribution in [2.45, 2.75) is 96.1 Å². The summed E-state index contributed by atoms with van der Waals surface area (Å²) in [5.74, 6) is -0.0917. The highest BCUT2D eigenvalue weighted by Gasteiger charge is 2.79. The molecule has 1 fully saturated rings. The van der Waals surface area contributed by atoms with Crippen LogP contribution >= 0.6 is 0 Å². The number of unbranched alkanes of at least 4 members (excludes halogenated alkanes) is 1. The van der Waals surface area contributed by atoms with Gasteiger partial charge in [0.05, 0.1) is 21.9 Å². The zero-order chi connectivity index (χ0) is 32.9. The summed E-state index contributed by atoms with van der Waals surface area (Å²) in [5.41, 5.74) is 11.5. The van der Waals surface area contributed by atoms with Gasteiger partial charge in [-0.3, -0.25) is 0 Å². The van der Waals surface area contributed by atoms with Crippen LogP contribution < -0.4 is 14.0 Å². The van der Waals surface area contributed by atoms with E-state index >= 15 is 4.39 Å². The molecule has 2 atom stereocenters. The molecule has 1 saturated carbocycles. The Bertz CT molecular complexity index is 2090. The molecule has 3 aromatic carbocycles. The molecule has 47 heavy (non-hydrogen) atoms. The van der Waals surface area contributed by atoms with Crippen molar-refractivity contribution in [3.05, 3.63) is 113 Å². The zero-order valence-electron chi connectivity index (χ0n) is 29.2. The monoisotopic (exact) mass is 625 g/mol. The molecule has 3 nitrogen and oxygen atoms in total. The lowest BCUT2D eigenvalue weighted by atomic mass is 9.66. The summed E-state index contributed by atoms with van der Waals surface area (Å²) < 4.78 is 21.6. The lowest BCUT2D eigenvalue weighted by Gasteiger charge is -2.36. The molecule has 1 spiro atoms. The first kappa shape index (κ1) is 30.3. The second kappa shape index (κ2) is 10.5. The van der Waals surface area contributed by atoms with Crippen LogP contribution in [0.4, 0.5) is 10.1 Å². The Balaban J connectivity index is 1.46. The summed E-state index contributed by atoms with van der Waals surface area (Å²) in [5, 5.41) is 2.67. The van der Waals surface area contributed by atoms with E-state index in [9.17, 15) is 0 Å². The van der Waals surface area contributed by atoms with Crippen molar-refractivity contribution in [1.29, 1.82) is 0 Å². The molecule has 0 radical (unpaired) electrons. The SMILES string of the molecule is CCCCc1ccc2c3c([n+](CCC)ccc13)-c1c(C3(CC)CC34c3ccc(N(C)C)cc3-c3cccc[n+]34)ccc(F)c1C2(C)C. The molecule has 240 valence electrons. The summed E-state index contributed by atoms with van der Waals surface area (Å²) in [6, 6.07) is 24.6. The lowest BCUT2D eigenvalue weighted by Crippen LogP contribution is -2.49. The molecule has 0 saturated heterocycles. The number of rotatable bonds is 8. The number of aromatic nitrogens is 2. The van der Waals surface area contributed by atoms with Crippen LogP contribution in [0.3, 0.4) is 0 Å². The molecule has 0 amide bonds. The minimum absolute atomic E-state index is 0.0917. The third-order valence-electron chi connectivity index (χ3n) is 12.1. The predicted octanol–water partition coefficient (Wildman–Crippen LogP) is 9.15. The normalized spacial score (nSPS) is 21.1. The number of nitrogens with zero attached hydrogens (tertiary/aromatic N) is 3. The summed E-state index contributed by atoms with van der Waals surface area (Å²) in [6.45, 7) is 12.3. The number of hydrogen-bond acceptors (Lipinski definition) is 1. The number of halogens is 1. The van der Waals surface area contributed by atoms with Crippen molar-refractivity contribution in [3.8, 4) is 22.5 Å². The van der Waals surface area contributed by atoms with Gasteiger partial charge in [0.25, 0.3) is 0 Å². The average Bonchev–Trinajstić information content (AvgIpc) is 3.68. The highest BCUT2D eigenvalue weighted by atomic mass is 19.1. The molecule has 3 aliphatic rings. The summed E-state index contributed by atoms with van der Waals surface area (Å²) in [7, 11) is 4.23. The van der Waals surface area contributed by atoms with Crippen molar-refractivity contribution in [3.63, 3.8) is 0 Å².